The number of ether oxygens (including phenoxy) is 1. The number of rotatable bonds is 8. The lowest BCUT2D eigenvalue weighted by atomic mass is 9.98. The average molecular weight is 439 g/mol. The van der Waals surface area contributed by atoms with Crippen molar-refractivity contribution in [1.29, 1.82) is 0 Å². The van der Waals surface area contributed by atoms with Crippen LogP contribution in [0.5, 0.6) is 5.75 Å². The first-order valence-electron chi connectivity index (χ1n) is 10.1. The van der Waals surface area contributed by atoms with Crippen molar-refractivity contribution in [3.63, 3.8) is 0 Å². The molecule has 0 radical (unpaired) electrons. The minimum atomic E-state index is -0.728. The van der Waals surface area contributed by atoms with E-state index in [1.54, 1.807) is 24.3 Å². The Morgan fingerprint density at radius 2 is 1.81 bits per heavy atom. The van der Waals surface area contributed by atoms with Gasteiger partial charge in [0.05, 0.1) is 12.7 Å². The summed E-state index contributed by atoms with van der Waals surface area (Å²) in [6.07, 6.45) is 0.717. The number of para-hydroxylation sites is 1. The van der Waals surface area contributed by atoms with Gasteiger partial charge in [0.25, 0.3) is 5.91 Å². The number of anilines is 1. The molecule has 2 unspecified atom stereocenters. The number of hydrogen-bond donors (Lipinski definition) is 2. The van der Waals surface area contributed by atoms with Crippen molar-refractivity contribution in [3.8, 4) is 16.3 Å². The van der Waals surface area contributed by atoms with Crippen LogP contribution in [0.15, 0.2) is 48.5 Å². The number of carbonyl (C=O) groups is 2. The molecule has 0 bridgehead atoms. The average Bonchev–Trinajstić information content (AvgIpc) is 3.25. The van der Waals surface area contributed by atoms with Gasteiger partial charge in [0.2, 0.25) is 11.0 Å². The summed E-state index contributed by atoms with van der Waals surface area (Å²) in [5.74, 6) is -0.321. The number of nitrogens with one attached hydrogen (secondary N) is 2. The van der Waals surface area contributed by atoms with Crippen LogP contribution in [-0.2, 0) is 4.79 Å². The smallest absolute Gasteiger partial charge is 0.255 e. The van der Waals surface area contributed by atoms with E-state index < -0.39 is 6.04 Å². The van der Waals surface area contributed by atoms with Gasteiger partial charge < -0.3 is 10.1 Å². The number of aromatic nitrogens is 2. The normalized spacial score (nSPS) is 12.6. The van der Waals surface area contributed by atoms with E-state index in [4.69, 9.17) is 4.74 Å². The van der Waals surface area contributed by atoms with Crippen molar-refractivity contribution in [2.24, 2.45) is 5.92 Å². The summed E-state index contributed by atoms with van der Waals surface area (Å²) in [5.41, 5.74) is 2.47. The maximum absolute atomic E-state index is 13.0. The van der Waals surface area contributed by atoms with Crippen LogP contribution in [0.25, 0.3) is 10.6 Å². The number of benzene rings is 2. The molecule has 0 saturated carbocycles. The van der Waals surface area contributed by atoms with Crippen LogP contribution in [0.3, 0.4) is 0 Å². The highest BCUT2D eigenvalue weighted by Gasteiger charge is 2.28. The number of methoxy groups -OCH3 is 1. The van der Waals surface area contributed by atoms with Crippen molar-refractivity contribution in [2.45, 2.75) is 33.2 Å². The summed E-state index contributed by atoms with van der Waals surface area (Å²) in [7, 11) is 1.51. The van der Waals surface area contributed by atoms with Crippen LogP contribution >= 0.6 is 11.3 Å². The zero-order chi connectivity index (χ0) is 22.4. The van der Waals surface area contributed by atoms with Gasteiger partial charge >= 0.3 is 0 Å². The first kappa shape index (κ1) is 22.4. The van der Waals surface area contributed by atoms with Gasteiger partial charge in [0, 0.05) is 5.56 Å². The third-order valence-corrected chi connectivity index (χ3v) is 5.98. The van der Waals surface area contributed by atoms with Gasteiger partial charge in [-0.15, -0.1) is 10.2 Å². The zero-order valence-electron chi connectivity index (χ0n) is 18.0. The van der Waals surface area contributed by atoms with E-state index in [1.807, 2.05) is 45.0 Å². The number of nitrogens with zero attached hydrogens (tertiary/aromatic N) is 2. The van der Waals surface area contributed by atoms with E-state index in [9.17, 15) is 9.59 Å². The fourth-order valence-electron chi connectivity index (χ4n) is 3.02. The minimum absolute atomic E-state index is 0.0804. The van der Waals surface area contributed by atoms with E-state index in [0.717, 1.165) is 17.5 Å². The van der Waals surface area contributed by atoms with Crippen molar-refractivity contribution >= 4 is 28.3 Å². The van der Waals surface area contributed by atoms with Gasteiger partial charge in [0.15, 0.2) is 0 Å². The highest BCUT2D eigenvalue weighted by molar-refractivity contribution is 7.18. The van der Waals surface area contributed by atoms with Crippen LogP contribution in [0.1, 0.15) is 36.2 Å². The largest absolute Gasteiger partial charge is 0.496 e. The van der Waals surface area contributed by atoms with Crippen molar-refractivity contribution in [2.75, 3.05) is 12.4 Å². The first-order valence-corrected chi connectivity index (χ1v) is 10.9. The molecule has 0 saturated heterocycles. The molecule has 2 amide bonds. The Labute approximate surface area is 185 Å². The maximum atomic E-state index is 13.0. The summed E-state index contributed by atoms with van der Waals surface area (Å²) in [6, 6.07) is 14.1. The molecule has 0 aliphatic heterocycles. The molecule has 162 valence electrons. The Hall–Kier alpha value is -3.26. The predicted molar refractivity (Wildman–Crippen MR) is 122 cm³/mol. The molecule has 2 aromatic carbocycles. The van der Waals surface area contributed by atoms with E-state index in [1.165, 1.54) is 18.4 Å². The third kappa shape index (κ3) is 5.46. The molecule has 1 aromatic heterocycles. The van der Waals surface area contributed by atoms with Gasteiger partial charge in [-0.05, 0) is 25.0 Å². The molecule has 0 aliphatic carbocycles. The van der Waals surface area contributed by atoms with Crippen molar-refractivity contribution in [3.05, 3.63) is 59.7 Å². The quantitative estimate of drug-likeness (QED) is 0.547. The lowest BCUT2D eigenvalue weighted by molar-refractivity contribution is -0.119. The molecule has 1 heterocycles. The van der Waals surface area contributed by atoms with Crippen LogP contribution in [0.2, 0.25) is 0 Å². The number of carbonyl (C=O) groups excluding carboxylic acids is 2. The lowest BCUT2D eigenvalue weighted by Gasteiger charge is -2.23. The second kappa shape index (κ2) is 10.2. The summed E-state index contributed by atoms with van der Waals surface area (Å²) in [6.45, 7) is 5.91. The maximum Gasteiger partial charge on any atom is 0.255 e. The van der Waals surface area contributed by atoms with E-state index in [2.05, 4.69) is 20.8 Å². The molecule has 3 aromatic rings. The Morgan fingerprint density at radius 1 is 1.10 bits per heavy atom. The summed E-state index contributed by atoms with van der Waals surface area (Å²) in [4.78, 5) is 25.8. The van der Waals surface area contributed by atoms with Crippen LogP contribution in [0.4, 0.5) is 5.13 Å². The van der Waals surface area contributed by atoms with Crippen LogP contribution < -0.4 is 15.4 Å². The van der Waals surface area contributed by atoms with Gasteiger partial charge in [0.1, 0.15) is 16.8 Å². The molecule has 31 heavy (non-hydrogen) atoms. The third-order valence-electron chi connectivity index (χ3n) is 5.09. The lowest BCUT2D eigenvalue weighted by Crippen LogP contribution is -2.47. The number of aryl methyl sites for hydroxylation is 1. The molecule has 0 aliphatic rings. The second-order valence-corrected chi connectivity index (χ2v) is 8.28. The number of hydrogen-bond acceptors (Lipinski definition) is 6. The molecule has 8 heteroatoms. The first-order chi connectivity index (χ1) is 14.9. The molecule has 3 rings (SSSR count). The van der Waals surface area contributed by atoms with Gasteiger partial charge in [-0.3, -0.25) is 14.9 Å². The summed E-state index contributed by atoms with van der Waals surface area (Å²) < 4.78 is 5.27. The van der Waals surface area contributed by atoms with Crippen LogP contribution in [0, 0.1) is 12.8 Å². The molecular formula is C23H26N4O3S. The fourth-order valence-corrected chi connectivity index (χ4v) is 3.77. The minimum Gasteiger partial charge on any atom is -0.496 e. The monoisotopic (exact) mass is 438 g/mol. The zero-order valence-corrected chi connectivity index (χ0v) is 18.8. The molecule has 0 fully saturated rings. The highest BCUT2D eigenvalue weighted by atomic mass is 32.1. The summed E-state index contributed by atoms with van der Waals surface area (Å²) >= 11 is 1.29. The SMILES string of the molecule is CCC(C)C(NC(=O)c1ccccc1OC)C(=O)Nc1nnc(-c2ccc(C)cc2)s1. The van der Waals surface area contributed by atoms with E-state index in [0.29, 0.717) is 21.5 Å². The standard InChI is InChI=1S/C23H26N4O3S/c1-5-15(3)19(24-20(28)17-8-6-7-9-18(17)30-4)21(29)25-23-27-26-22(31-23)16-12-10-14(2)11-13-16/h6-13,15,19H,5H2,1-4H3,(H,24,28)(H,25,27,29). The van der Waals surface area contributed by atoms with Crippen molar-refractivity contribution in [1.82, 2.24) is 15.5 Å². The molecule has 2 atom stereocenters. The Kier molecular flexibility index (Phi) is 7.36. The van der Waals surface area contributed by atoms with Gasteiger partial charge in [-0.25, -0.2) is 0 Å². The molecule has 2 N–H and O–H groups in total. The number of amides is 2. The highest BCUT2D eigenvalue weighted by Crippen LogP contribution is 2.27. The van der Waals surface area contributed by atoms with Crippen molar-refractivity contribution < 1.29 is 14.3 Å². The Morgan fingerprint density at radius 3 is 2.48 bits per heavy atom. The Bertz CT molecular complexity index is 1050. The van der Waals surface area contributed by atoms with E-state index in [-0.39, 0.29) is 17.7 Å². The Balaban J connectivity index is 1.74. The van der Waals surface area contributed by atoms with E-state index >= 15 is 0 Å². The van der Waals surface area contributed by atoms with Crippen LogP contribution in [-0.4, -0.2) is 35.2 Å². The second-order valence-electron chi connectivity index (χ2n) is 7.30. The summed E-state index contributed by atoms with van der Waals surface area (Å²) in [5, 5.41) is 15.0. The topological polar surface area (TPSA) is 93.2 Å². The molecule has 7 nitrogen and oxygen atoms in total. The van der Waals surface area contributed by atoms with Gasteiger partial charge in [-0.2, -0.15) is 0 Å². The molecular weight excluding hydrogens is 412 g/mol. The van der Waals surface area contributed by atoms with Gasteiger partial charge in [-0.1, -0.05) is 73.6 Å². The predicted octanol–water partition coefficient (Wildman–Crippen LogP) is 4.31. The molecule has 0 spiro atoms. The fraction of sp³-hybridized carbons (Fsp3) is 0.304.